The van der Waals surface area contributed by atoms with Crippen LogP contribution in [0, 0.1) is 17.3 Å². The summed E-state index contributed by atoms with van der Waals surface area (Å²) in [6.45, 7) is 4.18. The minimum atomic E-state index is -0.390. The second-order valence-electron chi connectivity index (χ2n) is 6.76. The molecule has 0 aromatic heterocycles. The summed E-state index contributed by atoms with van der Waals surface area (Å²) < 4.78 is 9.91. The number of methoxy groups -OCH3 is 2. The predicted molar refractivity (Wildman–Crippen MR) is 81.7 cm³/mol. The number of hydrogen-bond donors (Lipinski definition) is 0. The van der Waals surface area contributed by atoms with Crippen LogP contribution in [0.5, 0.6) is 0 Å². The summed E-state index contributed by atoms with van der Waals surface area (Å²) >= 11 is 0. The summed E-state index contributed by atoms with van der Waals surface area (Å²) in [6.07, 6.45) is 7.47. The second kappa shape index (κ2) is 8.40. The van der Waals surface area contributed by atoms with Crippen molar-refractivity contribution in [2.75, 3.05) is 14.2 Å². The quantitative estimate of drug-likeness (QED) is 0.729. The largest absolute Gasteiger partial charge is 0.469 e. The Bertz CT molecular complexity index is 353. The molecule has 0 heterocycles. The molecule has 0 N–H and O–H groups in total. The van der Waals surface area contributed by atoms with Crippen LogP contribution >= 0.6 is 0 Å². The van der Waals surface area contributed by atoms with Crippen molar-refractivity contribution in [2.45, 2.75) is 65.2 Å². The highest BCUT2D eigenvalue weighted by atomic mass is 16.5. The van der Waals surface area contributed by atoms with E-state index in [2.05, 4.69) is 6.92 Å². The normalized spacial score (nSPS) is 31.8. The van der Waals surface area contributed by atoms with E-state index in [0.717, 1.165) is 51.4 Å². The topological polar surface area (TPSA) is 52.6 Å². The summed E-state index contributed by atoms with van der Waals surface area (Å²) in [4.78, 5) is 23.9. The minimum absolute atomic E-state index is 0.0138. The molecular formula is C17H30O4. The van der Waals surface area contributed by atoms with Gasteiger partial charge in [-0.2, -0.15) is 0 Å². The molecule has 0 bridgehead atoms. The Morgan fingerprint density at radius 3 is 2.33 bits per heavy atom. The van der Waals surface area contributed by atoms with Gasteiger partial charge in [-0.25, -0.2) is 0 Å². The lowest BCUT2D eigenvalue weighted by Gasteiger charge is -2.29. The van der Waals surface area contributed by atoms with Gasteiger partial charge in [0.15, 0.2) is 0 Å². The van der Waals surface area contributed by atoms with Gasteiger partial charge in [0.1, 0.15) is 0 Å². The van der Waals surface area contributed by atoms with Crippen LogP contribution in [0.2, 0.25) is 0 Å². The van der Waals surface area contributed by atoms with Gasteiger partial charge in [0.25, 0.3) is 0 Å². The van der Waals surface area contributed by atoms with Gasteiger partial charge in [-0.15, -0.1) is 0 Å². The number of carbonyl (C=O) groups is 2. The van der Waals surface area contributed by atoms with Crippen molar-refractivity contribution in [2.24, 2.45) is 17.3 Å². The van der Waals surface area contributed by atoms with Crippen molar-refractivity contribution in [1.29, 1.82) is 0 Å². The van der Waals surface area contributed by atoms with Crippen molar-refractivity contribution < 1.29 is 19.1 Å². The maximum absolute atomic E-state index is 12.1. The van der Waals surface area contributed by atoms with Gasteiger partial charge >= 0.3 is 11.9 Å². The van der Waals surface area contributed by atoms with Crippen LogP contribution in [0.25, 0.3) is 0 Å². The molecule has 0 radical (unpaired) electrons. The Balaban J connectivity index is 2.75. The van der Waals surface area contributed by atoms with E-state index in [0.29, 0.717) is 5.92 Å². The van der Waals surface area contributed by atoms with Crippen molar-refractivity contribution in [3.05, 3.63) is 0 Å². The van der Waals surface area contributed by atoms with Gasteiger partial charge in [-0.3, -0.25) is 9.59 Å². The van der Waals surface area contributed by atoms with E-state index in [4.69, 9.17) is 9.47 Å². The van der Waals surface area contributed by atoms with Crippen molar-refractivity contribution in [1.82, 2.24) is 0 Å². The average molecular weight is 298 g/mol. The highest BCUT2D eigenvalue weighted by Gasteiger charge is 2.36. The van der Waals surface area contributed by atoms with Gasteiger partial charge < -0.3 is 9.47 Å². The molecule has 4 heteroatoms. The molecule has 3 atom stereocenters. The fourth-order valence-corrected chi connectivity index (χ4v) is 3.52. The Labute approximate surface area is 128 Å². The minimum Gasteiger partial charge on any atom is -0.469 e. The highest BCUT2D eigenvalue weighted by molar-refractivity contribution is 5.76. The molecule has 1 saturated carbocycles. The monoisotopic (exact) mass is 298 g/mol. The standard InChI is InChI=1S/C17H30O4/c1-13-9-10-14(15(18)20-3)8-6-5-7-11-17(2,12-13)16(19)21-4/h13-14H,5-12H2,1-4H3/t13-,14?,17?/m1/s1. The third-order valence-corrected chi connectivity index (χ3v) is 4.80. The summed E-state index contributed by atoms with van der Waals surface area (Å²) in [7, 11) is 2.93. The van der Waals surface area contributed by atoms with E-state index in [1.54, 1.807) is 0 Å². The lowest BCUT2D eigenvalue weighted by molar-refractivity contribution is -0.153. The molecule has 0 amide bonds. The van der Waals surface area contributed by atoms with E-state index >= 15 is 0 Å². The lowest BCUT2D eigenvalue weighted by atomic mass is 9.76. The van der Waals surface area contributed by atoms with Crippen LogP contribution < -0.4 is 0 Å². The Kier molecular flexibility index (Phi) is 7.20. The van der Waals surface area contributed by atoms with Crippen LogP contribution in [0.3, 0.4) is 0 Å². The van der Waals surface area contributed by atoms with Crippen LogP contribution in [-0.4, -0.2) is 26.2 Å². The van der Waals surface area contributed by atoms with Crippen LogP contribution in [0.15, 0.2) is 0 Å². The van der Waals surface area contributed by atoms with Gasteiger partial charge in [0, 0.05) is 0 Å². The maximum atomic E-state index is 12.1. The zero-order chi connectivity index (χ0) is 15.9. The van der Waals surface area contributed by atoms with E-state index in [-0.39, 0.29) is 23.3 Å². The predicted octanol–water partition coefficient (Wildman–Crippen LogP) is 3.73. The first-order chi connectivity index (χ1) is 9.92. The molecule has 1 aliphatic rings. The first-order valence-electron chi connectivity index (χ1n) is 8.09. The van der Waals surface area contributed by atoms with Gasteiger partial charge in [0.05, 0.1) is 25.6 Å². The van der Waals surface area contributed by atoms with Gasteiger partial charge in [-0.05, 0) is 44.9 Å². The van der Waals surface area contributed by atoms with E-state index < -0.39 is 0 Å². The summed E-state index contributed by atoms with van der Waals surface area (Å²) in [5.74, 6) is 0.231. The molecular weight excluding hydrogens is 268 g/mol. The molecule has 0 aliphatic heterocycles. The zero-order valence-electron chi connectivity index (χ0n) is 13.9. The summed E-state index contributed by atoms with van der Waals surface area (Å²) in [5.41, 5.74) is -0.390. The number of hydrogen-bond acceptors (Lipinski definition) is 4. The van der Waals surface area contributed by atoms with Crippen LogP contribution in [0.4, 0.5) is 0 Å². The molecule has 122 valence electrons. The lowest BCUT2D eigenvalue weighted by Crippen LogP contribution is -2.31. The highest BCUT2D eigenvalue weighted by Crippen LogP contribution is 2.36. The average Bonchev–Trinajstić information content (AvgIpc) is 2.50. The van der Waals surface area contributed by atoms with Gasteiger partial charge in [0.2, 0.25) is 0 Å². The first kappa shape index (κ1) is 18.0. The Morgan fingerprint density at radius 2 is 1.71 bits per heavy atom. The van der Waals surface area contributed by atoms with Crippen molar-refractivity contribution in [3.8, 4) is 0 Å². The molecule has 21 heavy (non-hydrogen) atoms. The van der Waals surface area contributed by atoms with Crippen molar-refractivity contribution >= 4 is 11.9 Å². The number of ether oxygens (including phenoxy) is 2. The molecule has 1 aliphatic carbocycles. The van der Waals surface area contributed by atoms with Crippen molar-refractivity contribution in [3.63, 3.8) is 0 Å². The molecule has 1 fully saturated rings. The van der Waals surface area contributed by atoms with Crippen LogP contribution in [0.1, 0.15) is 65.2 Å². The zero-order valence-corrected chi connectivity index (χ0v) is 13.9. The SMILES string of the molecule is COC(=O)C1CCCCCC(C)(C(=O)OC)C[C@H](C)CC1. The van der Waals surface area contributed by atoms with E-state index in [1.807, 2.05) is 6.92 Å². The smallest absolute Gasteiger partial charge is 0.311 e. The molecule has 0 saturated heterocycles. The molecule has 0 aromatic rings. The fraction of sp³-hybridized carbons (Fsp3) is 0.882. The molecule has 0 spiro atoms. The summed E-state index contributed by atoms with van der Waals surface area (Å²) in [5, 5.41) is 0. The van der Waals surface area contributed by atoms with Gasteiger partial charge in [-0.1, -0.05) is 26.2 Å². The maximum Gasteiger partial charge on any atom is 0.311 e. The first-order valence-corrected chi connectivity index (χ1v) is 8.09. The molecule has 1 rings (SSSR count). The Hall–Kier alpha value is -1.06. The fourth-order valence-electron chi connectivity index (χ4n) is 3.52. The Morgan fingerprint density at radius 1 is 1.00 bits per heavy atom. The third kappa shape index (κ3) is 5.33. The summed E-state index contributed by atoms with van der Waals surface area (Å²) in [6, 6.07) is 0. The number of rotatable bonds is 2. The third-order valence-electron chi connectivity index (χ3n) is 4.80. The van der Waals surface area contributed by atoms with Crippen LogP contribution in [-0.2, 0) is 19.1 Å². The molecule has 4 nitrogen and oxygen atoms in total. The van der Waals surface area contributed by atoms with E-state index in [1.165, 1.54) is 14.2 Å². The van der Waals surface area contributed by atoms with E-state index in [9.17, 15) is 9.59 Å². The number of esters is 2. The number of carbonyl (C=O) groups excluding carboxylic acids is 2. The molecule has 0 aromatic carbocycles. The molecule has 2 unspecified atom stereocenters. The second-order valence-corrected chi connectivity index (χ2v) is 6.76.